The Balaban J connectivity index is 1.26. The smallest absolute Gasteiger partial charge is 0.126 e. The molecule has 6 heteroatoms. The van der Waals surface area contributed by atoms with Gasteiger partial charge in [-0.1, -0.05) is 37.3 Å². The molecular weight excluding hydrogens is 460 g/mol. The Morgan fingerprint density at radius 2 is 1.42 bits per heavy atom. The third-order valence-corrected chi connectivity index (χ3v) is 7.30. The summed E-state index contributed by atoms with van der Waals surface area (Å²) in [5.41, 5.74) is 2.94. The van der Waals surface area contributed by atoms with E-state index in [-0.39, 0.29) is 29.8 Å². The predicted molar refractivity (Wildman–Crippen MR) is 135 cm³/mol. The highest BCUT2D eigenvalue weighted by molar-refractivity contribution is 5.36. The predicted octanol–water partition coefficient (Wildman–Crippen LogP) is 5.55. The molecule has 0 aromatic heterocycles. The van der Waals surface area contributed by atoms with Crippen molar-refractivity contribution in [3.05, 3.63) is 95.1 Å². The van der Waals surface area contributed by atoms with Crippen molar-refractivity contribution in [3.8, 4) is 11.5 Å². The van der Waals surface area contributed by atoms with Crippen LogP contribution in [0.5, 0.6) is 11.5 Å². The molecule has 0 fully saturated rings. The van der Waals surface area contributed by atoms with Crippen LogP contribution in [0.4, 0.5) is 8.78 Å². The highest BCUT2D eigenvalue weighted by atomic mass is 19.1. The van der Waals surface area contributed by atoms with E-state index in [2.05, 4.69) is 24.0 Å². The number of halogens is 2. The van der Waals surface area contributed by atoms with E-state index in [4.69, 9.17) is 9.47 Å². The Labute approximate surface area is 211 Å². The minimum atomic E-state index is -0.685. The molecule has 5 rings (SSSR count). The van der Waals surface area contributed by atoms with Crippen molar-refractivity contribution >= 4 is 0 Å². The summed E-state index contributed by atoms with van der Waals surface area (Å²) in [5, 5.41) is 11.2. The molecule has 2 aliphatic rings. The minimum absolute atomic E-state index is 0.0195. The van der Waals surface area contributed by atoms with E-state index >= 15 is 0 Å². The highest BCUT2D eigenvalue weighted by Gasteiger charge is 2.31. The molecule has 0 saturated carbocycles. The van der Waals surface area contributed by atoms with Crippen molar-refractivity contribution in [1.82, 2.24) is 4.90 Å². The molecule has 0 amide bonds. The van der Waals surface area contributed by atoms with Gasteiger partial charge in [0.25, 0.3) is 0 Å². The second-order valence-electron chi connectivity index (χ2n) is 10.1. The van der Waals surface area contributed by atoms with Crippen molar-refractivity contribution in [1.29, 1.82) is 0 Å². The molecular formula is C30H33F2NO3. The molecule has 36 heavy (non-hydrogen) atoms. The lowest BCUT2D eigenvalue weighted by Gasteiger charge is -2.36. The average molecular weight is 494 g/mol. The molecule has 3 aromatic carbocycles. The van der Waals surface area contributed by atoms with Crippen LogP contribution in [-0.4, -0.2) is 41.4 Å². The maximum atomic E-state index is 13.6. The summed E-state index contributed by atoms with van der Waals surface area (Å²) >= 11 is 0. The van der Waals surface area contributed by atoms with Gasteiger partial charge in [0.2, 0.25) is 0 Å². The Bertz CT molecular complexity index is 1100. The van der Waals surface area contributed by atoms with Crippen LogP contribution < -0.4 is 9.47 Å². The molecule has 0 saturated heterocycles. The number of nitrogens with zero attached hydrogens (tertiary/aromatic N) is 1. The quantitative estimate of drug-likeness (QED) is 0.447. The monoisotopic (exact) mass is 493 g/mol. The first-order chi connectivity index (χ1) is 17.4. The molecule has 0 aliphatic carbocycles. The van der Waals surface area contributed by atoms with E-state index in [1.807, 2.05) is 18.2 Å². The van der Waals surface area contributed by atoms with Gasteiger partial charge in [-0.2, -0.15) is 0 Å². The van der Waals surface area contributed by atoms with E-state index in [0.29, 0.717) is 31.7 Å². The fourth-order valence-corrected chi connectivity index (χ4v) is 5.38. The summed E-state index contributed by atoms with van der Waals surface area (Å²) in [6, 6.07) is 19.5. The average Bonchev–Trinajstić information content (AvgIpc) is 2.88. The van der Waals surface area contributed by atoms with Crippen LogP contribution in [0.3, 0.4) is 0 Å². The number of hydrogen-bond acceptors (Lipinski definition) is 4. The SMILES string of the molecule is C[C@H](CN(Cc1ccccc1)C[C@@H](O)[C@H]1CCc2cc(F)ccc2O1)[C@@H]1CCc2cc(F)ccc2O1. The van der Waals surface area contributed by atoms with Gasteiger partial charge in [-0.15, -0.1) is 0 Å². The molecule has 0 spiro atoms. The highest BCUT2D eigenvalue weighted by Crippen LogP contribution is 2.32. The van der Waals surface area contributed by atoms with E-state index < -0.39 is 6.10 Å². The summed E-state index contributed by atoms with van der Waals surface area (Å²) in [6.07, 6.45) is 1.94. The van der Waals surface area contributed by atoms with E-state index in [1.165, 1.54) is 23.8 Å². The molecule has 3 aromatic rings. The first kappa shape index (κ1) is 24.7. The molecule has 2 aliphatic heterocycles. The van der Waals surface area contributed by atoms with Crippen LogP contribution in [0.2, 0.25) is 0 Å². The molecule has 4 atom stereocenters. The fraction of sp³-hybridized carbons (Fsp3) is 0.400. The van der Waals surface area contributed by atoms with Gasteiger partial charge in [0.05, 0.1) is 0 Å². The minimum Gasteiger partial charge on any atom is -0.490 e. The number of aliphatic hydroxyl groups excluding tert-OH is 1. The lowest BCUT2D eigenvalue weighted by atomic mass is 9.93. The zero-order valence-electron chi connectivity index (χ0n) is 20.6. The van der Waals surface area contributed by atoms with Gasteiger partial charge in [0.1, 0.15) is 41.4 Å². The number of fused-ring (bicyclic) bond motifs is 2. The Morgan fingerprint density at radius 1 is 0.833 bits per heavy atom. The summed E-state index contributed by atoms with van der Waals surface area (Å²) in [4.78, 5) is 2.26. The molecule has 4 nitrogen and oxygen atoms in total. The second-order valence-corrected chi connectivity index (χ2v) is 10.1. The summed E-state index contributed by atoms with van der Waals surface area (Å²) in [6.45, 7) is 4.06. The largest absolute Gasteiger partial charge is 0.490 e. The van der Waals surface area contributed by atoms with Crippen LogP contribution in [0, 0.1) is 17.6 Å². The molecule has 1 N–H and O–H groups in total. The number of ether oxygens (including phenoxy) is 2. The van der Waals surface area contributed by atoms with Gasteiger partial charge in [0.15, 0.2) is 0 Å². The zero-order valence-corrected chi connectivity index (χ0v) is 20.6. The number of hydrogen-bond donors (Lipinski definition) is 1. The first-order valence-electron chi connectivity index (χ1n) is 12.8. The van der Waals surface area contributed by atoms with Crippen molar-refractivity contribution in [2.75, 3.05) is 13.1 Å². The Hall–Kier alpha value is -2.96. The maximum absolute atomic E-state index is 13.6. The van der Waals surface area contributed by atoms with Crippen LogP contribution in [0.25, 0.3) is 0 Å². The summed E-state index contributed by atoms with van der Waals surface area (Å²) < 4.78 is 39.5. The van der Waals surface area contributed by atoms with Gasteiger partial charge >= 0.3 is 0 Å². The van der Waals surface area contributed by atoms with Crippen LogP contribution in [0.15, 0.2) is 66.7 Å². The number of benzene rings is 3. The molecule has 0 unspecified atom stereocenters. The van der Waals surface area contributed by atoms with E-state index in [0.717, 1.165) is 36.3 Å². The molecule has 2 heterocycles. The summed E-state index contributed by atoms with van der Waals surface area (Å²) in [5.74, 6) is 1.12. The van der Waals surface area contributed by atoms with Crippen molar-refractivity contribution < 1.29 is 23.4 Å². The molecule has 0 bridgehead atoms. The molecule has 0 radical (unpaired) electrons. The van der Waals surface area contributed by atoms with E-state index in [9.17, 15) is 13.9 Å². The van der Waals surface area contributed by atoms with Gasteiger partial charge in [-0.05, 0) is 78.8 Å². The Kier molecular flexibility index (Phi) is 7.54. The van der Waals surface area contributed by atoms with Crippen LogP contribution >= 0.6 is 0 Å². The Morgan fingerprint density at radius 3 is 2.06 bits per heavy atom. The third kappa shape index (κ3) is 5.88. The third-order valence-electron chi connectivity index (χ3n) is 7.30. The summed E-state index contributed by atoms with van der Waals surface area (Å²) in [7, 11) is 0. The second kappa shape index (κ2) is 11.0. The van der Waals surface area contributed by atoms with Gasteiger partial charge in [-0.25, -0.2) is 8.78 Å². The lowest BCUT2D eigenvalue weighted by Crippen LogP contribution is -2.45. The van der Waals surface area contributed by atoms with Gasteiger partial charge in [0, 0.05) is 25.6 Å². The van der Waals surface area contributed by atoms with Crippen molar-refractivity contribution in [2.45, 2.75) is 57.5 Å². The fourth-order valence-electron chi connectivity index (χ4n) is 5.38. The maximum Gasteiger partial charge on any atom is 0.126 e. The zero-order chi connectivity index (χ0) is 25.1. The van der Waals surface area contributed by atoms with Crippen molar-refractivity contribution in [2.24, 2.45) is 5.92 Å². The lowest BCUT2D eigenvalue weighted by molar-refractivity contribution is -0.00721. The number of aryl methyl sites for hydroxylation is 2. The van der Waals surface area contributed by atoms with Crippen molar-refractivity contribution in [3.63, 3.8) is 0 Å². The number of rotatable bonds is 8. The molecule has 190 valence electrons. The number of aliphatic hydroxyl groups is 1. The first-order valence-corrected chi connectivity index (χ1v) is 12.8. The van der Waals surface area contributed by atoms with Crippen LogP contribution in [0.1, 0.15) is 36.5 Å². The van der Waals surface area contributed by atoms with E-state index in [1.54, 1.807) is 18.2 Å². The van der Waals surface area contributed by atoms with Crippen LogP contribution in [-0.2, 0) is 19.4 Å². The normalized spacial score (nSPS) is 20.6. The van der Waals surface area contributed by atoms with Gasteiger partial charge in [-0.3, -0.25) is 4.90 Å². The van der Waals surface area contributed by atoms with Gasteiger partial charge < -0.3 is 14.6 Å². The standard InChI is InChI=1S/C30H33F2NO3/c1-20(27-11-7-22-15-24(31)9-13-28(22)35-27)17-33(18-21-5-3-2-4-6-21)19-26(34)30-12-8-23-16-25(32)10-14-29(23)36-30/h2-6,9-10,13-16,20,26-27,30,34H,7-8,11-12,17-19H2,1H3/t20-,26-,27+,30-/m1/s1. The topological polar surface area (TPSA) is 41.9 Å².